The number of hydrogen-bond acceptors (Lipinski definition) is 2. The molecular weight excluding hydrogens is 318 g/mol. The second-order valence-electron chi connectivity index (χ2n) is 4.01. The van der Waals surface area contributed by atoms with Crippen LogP contribution in [0, 0.1) is 11.6 Å². The summed E-state index contributed by atoms with van der Waals surface area (Å²) in [7, 11) is 0. The van der Waals surface area contributed by atoms with Gasteiger partial charge in [0.15, 0.2) is 0 Å². The predicted molar refractivity (Wildman–Crippen MR) is 70.0 cm³/mol. The monoisotopic (exact) mass is 328 g/mol. The van der Waals surface area contributed by atoms with Crippen molar-refractivity contribution < 1.29 is 13.6 Å². The molecule has 0 saturated heterocycles. The van der Waals surface area contributed by atoms with Crippen molar-refractivity contribution in [3.63, 3.8) is 0 Å². The van der Waals surface area contributed by atoms with Crippen molar-refractivity contribution >= 4 is 21.7 Å². The minimum absolute atomic E-state index is 0.182. The van der Waals surface area contributed by atoms with E-state index in [1.165, 1.54) is 16.9 Å². The van der Waals surface area contributed by atoms with Gasteiger partial charge in [0.05, 0.1) is 5.56 Å². The molecule has 1 heterocycles. The van der Waals surface area contributed by atoms with Crippen LogP contribution in [0.5, 0.6) is 0 Å². The molecule has 0 bridgehead atoms. The lowest BCUT2D eigenvalue weighted by Gasteiger charge is -2.07. The van der Waals surface area contributed by atoms with Crippen LogP contribution in [0.1, 0.15) is 29.4 Å². The molecule has 6 heteroatoms. The Morgan fingerprint density at radius 1 is 1.37 bits per heavy atom. The van der Waals surface area contributed by atoms with E-state index in [4.69, 9.17) is 0 Å². The zero-order chi connectivity index (χ0) is 14.0. The highest BCUT2D eigenvalue weighted by molar-refractivity contribution is 9.10. The van der Waals surface area contributed by atoms with E-state index in [2.05, 4.69) is 21.0 Å². The molecule has 100 valence electrons. The molecule has 0 aliphatic carbocycles. The number of benzene rings is 1. The fourth-order valence-corrected chi connectivity index (χ4v) is 2.20. The summed E-state index contributed by atoms with van der Waals surface area (Å²) < 4.78 is 29.2. The lowest BCUT2D eigenvalue weighted by molar-refractivity contribution is 0.102. The molecule has 3 nitrogen and oxygen atoms in total. The lowest BCUT2D eigenvalue weighted by Crippen LogP contribution is -2.14. The van der Waals surface area contributed by atoms with Gasteiger partial charge in [-0.25, -0.2) is 8.78 Å². The van der Waals surface area contributed by atoms with Gasteiger partial charge in [-0.05, 0) is 24.6 Å². The van der Waals surface area contributed by atoms with Crippen LogP contribution in [0.15, 0.2) is 28.9 Å². The smallest absolute Gasteiger partial charge is 0.216 e. The molecule has 0 amide bonds. The molecule has 0 aliphatic rings. The molecule has 2 aromatic rings. The number of carbonyl (C=O) groups is 1. The Bertz CT molecular complexity index is 602. The van der Waals surface area contributed by atoms with Crippen LogP contribution in [0.2, 0.25) is 0 Å². The van der Waals surface area contributed by atoms with Gasteiger partial charge in [0.25, 0.3) is 0 Å². The number of ketones is 1. The summed E-state index contributed by atoms with van der Waals surface area (Å²) in [5.74, 6) is -2.48. The Kier molecular flexibility index (Phi) is 4.09. The molecule has 0 atom stereocenters. The maximum Gasteiger partial charge on any atom is 0.216 e. The summed E-state index contributed by atoms with van der Waals surface area (Å²) in [5, 5.41) is 3.97. The summed E-state index contributed by atoms with van der Waals surface area (Å²) in [4.78, 5) is 12.2. The first-order valence-electron chi connectivity index (χ1n) is 5.75. The van der Waals surface area contributed by atoms with Crippen molar-refractivity contribution in [2.24, 2.45) is 0 Å². The Labute approximate surface area is 117 Å². The fourth-order valence-electron chi connectivity index (χ4n) is 1.80. The summed E-state index contributed by atoms with van der Waals surface area (Å²) in [5.41, 5.74) is -0.372. The molecule has 0 aliphatic heterocycles. The Morgan fingerprint density at radius 2 is 2.00 bits per heavy atom. The van der Waals surface area contributed by atoms with Gasteiger partial charge in [-0.1, -0.05) is 22.9 Å². The quantitative estimate of drug-likeness (QED) is 0.804. The van der Waals surface area contributed by atoms with Gasteiger partial charge in [-0.15, -0.1) is 0 Å². The van der Waals surface area contributed by atoms with Gasteiger partial charge in [0.1, 0.15) is 17.3 Å². The van der Waals surface area contributed by atoms with E-state index in [0.717, 1.165) is 18.6 Å². The van der Waals surface area contributed by atoms with E-state index >= 15 is 0 Å². The Balaban J connectivity index is 2.47. The normalized spacial score (nSPS) is 10.7. The second kappa shape index (κ2) is 5.61. The third kappa shape index (κ3) is 2.73. The van der Waals surface area contributed by atoms with Crippen molar-refractivity contribution in [3.05, 3.63) is 51.8 Å². The number of nitrogens with zero attached hydrogens (tertiary/aromatic N) is 2. The molecule has 0 unspecified atom stereocenters. The minimum Gasteiger partial charge on any atom is -0.287 e. The molecule has 1 aromatic carbocycles. The zero-order valence-corrected chi connectivity index (χ0v) is 11.7. The number of carbonyl (C=O) groups excluding carboxylic acids is 1. The topological polar surface area (TPSA) is 34.9 Å². The highest BCUT2D eigenvalue weighted by atomic mass is 79.9. The van der Waals surface area contributed by atoms with Crippen molar-refractivity contribution in [2.45, 2.75) is 19.9 Å². The van der Waals surface area contributed by atoms with Gasteiger partial charge >= 0.3 is 0 Å². The van der Waals surface area contributed by atoms with E-state index in [-0.39, 0.29) is 10.2 Å². The number of halogens is 3. The third-order valence-corrected chi connectivity index (χ3v) is 3.08. The van der Waals surface area contributed by atoms with Crippen molar-refractivity contribution in [1.82, 2.24) is 9.78 Å². The molecule has 1 aromatic heterocycles. The third-order valence-electron chi connectivity index (χ3n) is 2.62. The molecular formula is C13H11BrF2N2O. The van der Waals surface area contributed by atoms with Crippen LogP contribution in [0.4, 0.5) is 8.78 Å². The maximum absolute atomic E-state index is 13.8. The van der Waals surface area contributed by atoms with E-state index in [9.17, 15) is 13.6 Å². The number of rotatable bonds is 4. The van der Waals surface area contributed by atoms with Gasteiger partial charge in [-0.3, -0.25) is 9.48 Å². The van der Waals surface area contributed by atoms with Gasteiger partial charge in [0.2, 0.25) is 5.78 Å². The van der Waals surface area contributed by atoms with Crippen LogP contribution in [0.3, 0.4) is 0 Å². The van der Waals surface area contributed by atoms with Gasteiger partial charge in [-0.2, -0.15) is 5.10 Å². The van der Waals surface area contributed by atoms with E-state index in [1.807, 2.05) is 6.92 Å². The SMILES string of the molecule is CCCn1nccc1C(=O)c1c(F)cc(Br)cc1F. The first kappa shape index (κ1) is 13.9. The summed E-state index contributed by atoms with van der Waals surface area (Å²) in [6.07, 6.45) is 2.21. The standard InChI is InChI=1S/C13H11BrF2N2O/c1-2-5-18-11(3-4-17-18)13(19)12-9(15)6-8(14)7-10(12)16/h3-4,6-7H,2,5H2,1H3. The summed E-state index contributed by atoms with van der Waals surface area (Å²) in [6.45, 7) is 2.45. The van der Waals surface area contributed by atoms with E-state index in [0.29, 0.717) is 6.54 Å². The highest BCUT2D eigenvalue weighted by Crippen LogP contribution is 2.22. The number of aromatic nitrogens is 2. The van der Waals surface area contributed by atoms with E-state index in [1.54, 1.807) is 0 Å². The first-order chi connectivity index (χ1) is 9.04. The fraction of sp³-hybridized carbons (Fsp3) is 0.231. The highest BCUT2D eigenvalue weighted by Gasteiger charge is 2.22. The first-order valence-corrected chi connectivity index (χ1v) is 6.55. The zero-order valence-electron chi connectivity index (χ0n) is 10.2. The maximum atomic E-state index is 13.8. The van der Waals surface area contributed by atoms with Gasteiger partial charge in [0, 0.05) is 17.2 Å². The number of aryl methyl sites for hydroxylation is 1. The Morgan fingerprint density at radius 3 is 2.58 bits per heavy atom. The molecule has 0 spiro atoms. The number of hydrogen-bond donors (Lipinski definition) is 0. The molecule has 0 N–H and O–H groups in total. The summed E-state index contributed by atoms with van der Waals surface area (Å²) in [6, 6.07) is 3.59. The molecule has 2 rings (SSSR count). The average molecular weight is 329 g/mol. The Hall–Kier alpha value is -1.56. The van der Waals surface area contributed by atoms with Crippen LogP contribution >= 0.6 is 15.9 Å². The molecule has 0 fully saturated rings. The largest absolute Gasteiger partial charge is 0.287 e. The van der Waals surface area contributed by atoms with Crippen molar-refractivity contribution in [3.8, 4) is 0 Å². The average Bonchev–Trinajstić information content (AvgIpc) is 2.76. The predicted octanol–water partition coefficient (Wildman–Crippen LogP) is 3.56. The van der Waals surface area contributed by atoms with Crippen LogP contribution in [-0.4, -0.2) is 15.6 Å². The molecule has 19 heavy (non-hydrogen) atoms. The molecule has 0 saturated carbocycles. The van der Waals surface area contributed by atoms with Crippen LogP contribution < -0.4 is 0 Å². The van der Waals surface area contributed by atoms with Crippen molar-refractivity contribution in [2.75, 3.05) is 0 Å². The van der Waals surface area contributed by atoms with Crippen molar-refractivity contribution in [1.29, 1.82) is 0 Å². The molecule has 0 radical (unpaired) electrons. The van der Waals surface area contributed by atoms with Crippen LogP contribution in [-0.2, 0) is 6.54 Å². The summed E-state index contributed by atoms with van der Waals surface area (Å²) >= 11 is 2.98. The minimum atomic E-state index is -0.888. The second-order valence-corrected chi connectivity index (χ2v) is 4.93. The van der Waals surface area contributed by atoms with Crippen LogP contribution in [0.25, 0.3) is 0 Å². The lowest BCUT2D eigenvalue weighted by atomic mass is 10.1. The van der Waals surface area contributed by atoms with Gasteiger partial charge < -0.3 is 0 Å². The van der Waals surface area contributed by atoms with E-state index < -0.39 is 23.0 Å².